The van der Waals surface area contributed by atoms with E-state index in [0.29, 0.717) is 17.2 Å². The predicted molar refractivity (Wildman–Crippen MR) is 61.5 cm³/mol. The third-order valence-corrected chi connectivity index (χ3v) is 1.84. The van der Waals surface area contributed by atoms with Crippen molar-refractivity contribution in [3.63, 3.8) is 0 Å². The Morgan fingerprint density at radius 3 is 2.67 bits per heavy atom. The number of guanidine groups is 1. The molecule has 0 spiro atoms. The highest BCUT2D eigenvalue weighted by Gasteiger charge is 2.00. The van der Waals surface area contributed by atoms with E-state index in [9.17, 15) is 4.39 Å². The Morgan fingerprint density at radius 1 is 1.47 bits per heavy atom. The van der Waals surface area contributed by atoms with Crippen LogP contribution in [0, 0.1) is 12.7 Å². The van der Waals surface area contributed by atoms with E-state index >= 15 is 0 Å². The van der Waals surface area contributed by atoms with Crippen molar-refractivity contribution in [1.82, 2.24) is 0 Å². The first-order valence-electron chi connectivity index (χ1n) is 4.85. The Kier molecular flexibility index (Phi) is 3.66. The van der Waals surface area contributed by atoms with Crippen LogP contribution in [-0.4, -0.2) is 12.0 Å². The average Bonchev–Trinajstić information content (AvgIpc) is 2.10. The fourth-order valence-electron chi connectivity index (χ4n) is 1.13. The molecule has 0 fully saturated rings. The summed E-state index contributed by atoms with van der Waals surface area (Å²) in [5.41, 5.74) is 6.83. The number of aliphatic imine (C=N–C) groups is 1. The zero-order valence-corrected chi connectivity index (χ0v) is 9.21. The minimum Gasteiger partial charge on any atom is -0.370 e. The quantitative estimate of drug-likeness (QED) is 0.580. The second kappa shape index (κ2) is 4.77. The molecule has 0 heterocycles. The molecule has 0 saturated heterocycles. The number of benzene rings is 1. The van der Waals surface area contributed by atoms with Gasteiger partial charge in [-0.2, -0.15) is 0 Å². The molecule has 0 atom stereocenters. The second-order valence-corrected chi connectivity index (χ2v) is 3.70. The van der Waals surface area contributed by atoms with E-state index in [1.807, 2.05) is 13.8 Å². The molecule has 1 rings (SSSR count). The van der Waals surface area contributed by atoms with E-state index in [1.54, 1.807) is 19.1 Å². The molecule has 15 heavy (non-hydrogen) atoms. The topological polar surface area (TPSA) is 50.4 Å². The van der Waals surface area contributed by atoms with E-state index in [1.165, 1.54) is 6.07 Å². The summed E-state index contributed by atoms with van der Waals surface area (Å²) in [5.74, 6) is 0.0469. The van der Waals surface area contributed by atoms with Gasteiger partial charge in [-0.05, 0) is 38.5 Å². The van der Waals surface area contributed by atoms with Crippen LogP contribution in [0.4, 0.5) is 10.1 Å². The Bertz CT molecular complexity index is 372. The molecule has 3 N–H and O–H groups in total. The Morgan fingerprint density at radius 2 is 2.13 bits per heavy atom. The Balaban J connectivity index is 2.77. The van der Waals surface area contributed by atoms with Crippen LogP contribution in [0.5, 0.6) is 0 Å². The van der Waals surface area contributed by atoms with Gasteiger partial charge in [-0.1, -0.05) is 6.07 Å². The highest BCUT2D eigenvalue weighted by atomic mass is 19.1. The third-order valence-electron chi connectivity index (χ3n) is 1.84. The largest absolute Gasteiger partial charge is 0.370 e. The molecule has 0 bridgehead atoms. The zero-order chi connectivity index (χ0) is 11.4. The average molecular weight is 209 g/mol. The number of nitrogens with zero attached hydrogens (tertiary/aromatic N) is 1. The number of hydrogen-bond acceptors (Lipinski definition) is 1. The summed E-state index contributed by atoms with van der Waals surface area (Å²) in [6.45, 7) is 5.55. The number of hydrogen-bond donors (Lipinski definition) is 2. The lowest BCUT2D eigenvalue weighted by molar-refractivity contribution is 0.619. The minimum absolute atomic E-state index is 0.118. The fourth-order valence-corrected chi connectivity index (χ4v) is 1.13. The standard InChI is InChI=1S/C11H16FN3/c1-7(2)14-11(13)15-9-5-4-8(3)10(12)6-9/h4-7H,1-3H3,(H3,13,14,15). The van der Waals surface area contributed by atoms with Gasteiger partial charge in [0.1, 0.15) is 5.82 Å². The molecule has 4 heteroatoms. The molecule has 0 saturated carbocycles. The van der Waals surface area contributed by atoms with Crippen molar-refractivity contribution >= 4 is 11.6 Å². The number of anilines is 1. The van der Waals surface area contributed by atoms with Crippen molar-refractivity contribution in [3.8, 4) is 0 Å². The molecule has 0 unspecified atom stereocenters. The Hall–Kier alpha value is -1.58. The monoisotopic (exact) mass is 209 g/mol. The van der Waals surface area contributed by atoms with Gasteiger partial charge in [0.05, 0.1) is 0 Å². The van der Waals surface area contributed by atoms with Crippen LogP contribution in [0.15, 0.2) is 23.2 Å². The van der Waals surface area contributed by atoms with E-state index in [2.05, 4.69) is 10.3 Å². The van der Waals surface area contributed by atoms with Gasteiger partial charge in [0.15, 0.2) is 5.96 Å². The summed E-state index contributed by atoms with van der Waals surface area (Å²) in [4.78, 5) is 4.09. The van der Waals surface area contributed by atoms with Crippen LogP contribution in [0.2, 0.25) is 0 Å². The van der Waals surface area contributed by atoms with Crippen molar-refractivity contribution in [2.75, 3.05) is 5.32 Å². The Labute approximate surface area is 89.2 Å². The molecule has 0 aliphatic heterocycles. The van der Waals surface area contributed by atoms with E-state index in [-0.39, 0.29) is 11.9 Å². The molecule has 0 aliphatic carbocycles. The van der Waals surface area contributed by atoms with E-state index in [0.717, 1.165) is 0 Å². The summed E-state index contributed by atoms with van der Waals surface area (Å²) in [5, 5.41) is 2.83. The normalized spacial score (nSPS) is 11.9. The predicted octanol–water partition coefficient (Wildman–Crippen LogP) is 2.27. The van der Waals surface area contributed by atoms with Crippen LogP contribution in [0.1, 0.15) is 19.4 Å². The molecule has 3 nitrogen and oxygen atoms in total. The first-order chi connectivity index (χ1) is 6.99. The molecule has 0 radical (unpaired) electrons. The molecule has 1 aromatic rings. The van der Waals surface area contributed by atoms with Crippen molar-refractivity contribution in [1.29, 1.82) is 0 Å². The van der Waals surface area contributed by atoms with Crippen molar-refractivity contribution in [3.05, 3.63) is 29.6 Å². The van der Waals surface area contributed by atoms with Gasteiger partial charge >= 0.3 is 0 Å². The van der Waals surface area contributed by atoms with Gasteiger partial charge in [-0.3, -0.25) is 4.99 Å². The van der Waals surface area contributed by atoms with Gasteiger partial charge in [-0.25, -0.2) is 4.39 Å². The second-order valence-electron chi connectivity index (χ2n) is 3.70. The number of nitrogens with one attached hydrogen (secondary N) is 1. The molecular formula is C11H16FN3. The highest BCUT2D eigenvalue weighted by molar-refractivity contribution is 5.92. The summed E-state index contributed by atoms with van der Waals surface area (Å²) in [6.07, 6.45) is 0. The smallest absolute Gasteiger partial charge is 0.193 e. The molecule has 1 aromatic carbocycles. The van der Waals surface area contributed by atoms with Crippen LogP contribution in [0.25, 0.3) is 0 Å². The van der Waals surface area contributed by atoms with E-state index < -0.39 is 0 Å². The molecular weight excluding hydrogens is 193 g/mol. The summed E-state index contributed by atoms with van der Waals surface area (Å²) < 4.78 is 13.2. The lowest BCUT2D eigenvalue weighted by Crippen LogP contribution is -2.24. The van der Waals surface area contributed by atoms with Gasteiger partial charge < -0.3 is 11.1 Å². The van der Waals surface area contributed by atoms with Crippen molar-refractivity contribution in [2.45, 2.75) is 26.8 Å². The van der Waals surface area contributed by atoms with Crippen molar-refractivity contribution in [2.24, 2.45) is 10.7 Å². The zero-order valence-electron chi connectivity index (χ0n) is 9.21. The highest BCUT2D eigenvalue weighted by Crippen LogP contribution is 2.13. The van der Waals surface area contributed by atoms with Crippen molar-refractivity contribution < 1.29 is 4.39 Å². The van der Waals surface area contributed by atoms with Gasteiger partial charge in [0.25, 0.3) is 0 Å². The lowest BCUT2D eigenvalue weighted by Gasteiger charge is -2.07. The number of halogens is 1. The van der Waals surface area contributed by atoms with Crippen LogP contribution in [-0.2, 0) is 0 Å². The van der Waals surface area contributed by atoms with Gasteiger partial charge in [-0.15, -0.1) is 0 Å². The molecule has 0 aromatic heterocycles. The summed E-state index contributed by atoms with van der Waals surface area (Å²) >= 11 is 0. The van der Waals surface area contributed by atoms with Gasteiger partial charge in [0.2, 0.25) is 0 Å². The van der Waals surface area contributed by atoms with Crippen LogP contribution < -0.4 is 11.1 Å². The molecule has 0 aliphatic rings. The molecule has 82 valence electrons. The number of aryl methyl sites for hydroxylation is 1. The lowest BCUT2D eigenvalue weighted by atomic mass is 10.2. The number of nitrogens with two attached hydrogens (primary N) is 1. The maximum absolute atomic E-state index is 13.2. The maximum Gasteiger partial charge on any atom is 0.193 e. The summed E-state index contributed by atoms with van der Waals surface area (Å²) in [6, 6.07) is 4.98. The number of rotatable bonds is 2. The van der Waals surface area contributed by atoms with Gasteiger partial charge in [0, 0.05) is 11.7 Å². The summed E-state index contributed by atoms with van der Waals surface area (Å²) in [7, 11) is 0. The maximum atomic E-state index is 13.2. The first-order valence-corrected chi connectivity index (χ1v) is 4.85. The van der Waals surface area contributed by atoms with E-state index in [4.69, 9.17) is 5.73 Å². The fraction of sp³-hybridized carbons (Fsp3) is 0.364. The molecule has 0 amide bonds. The minimum atomic E-state index is -0.252. The first kappa shape index (κ1) is 11.5. The van der Waals surface area contributed by atoms with Crippen LogP contribution in [0.3, 0.4) is 0 Å². The third kappa shape index (κ3) is 3.58. The SMILES string of the molecule is Cc1ccc(NC(N)=NC(C)C)cc1F. The van der Waals surface area contributed by atoms with Crippen LogP contribution >= 0.6 is 0 Å².